The summed E-state index contributed by atoms with van der Waals surface area (Å²) < 4.78 is 60.3. The van der Waals surface area contributed by atoms with Gasteiger partial charge in [-0.15, -0.1) is 11.3 Å². The van der Waals surface area contributed by atoms with Crippen LogP contribution in [0.3, 0.4) is 0 Å². The molecule has 0 bridgehead atoms. The number of ether oxygens (including phenoxy) is 3. The van der Waals surface area contributed by atoms with Gasteiger partial charge in [0.05, 0.1) is 42.1 Å². The van der Waals surface area contributed by atoms with Crippen molar-refractivity contribution in [1.29, 1.82) is 0 Å². The van der Waals surface area contributed by atoms with E-state index in [1.165, 1.54) is 43.0 Å². The van der Waals surface area contributed by atoms with E-state index in [4.69, 9.17) is 25.8 Å². The van der Waals surface area contributed by atoms with Crippen molar-refractivity contribution in [2.75, 3.05) is 30.9 Å². The molecule has 0 aliphatic carbocycles. The number of nitrogens with zero attached hydrogens (tertiary/aromatic N) is 1. The zero-order valence-electron chi connectivity index (χ0n) is 22.7. The minimum absolute atomic E-state index is 0.00369. The third kappa shape index (κ3) is 7.27. The maximum absolute atomic E-state index is 15.2. The average Bonchev–Trinajstić information content (AvgIpc) is 3.42. The van der Waals surface area contributed by atoms with Crippen LogP contribution in [0.4, 0.5) is 24.5 Å². The van der Waals surface area contributed by atoms with E-state index in [0.29, 0.717) is 24.5 Å². The van der Waals surface area contributed by atoms with Crippen molar-refractivity contribution < 1.29 is 37.0 Å². The van der Waals surface area contributed by atoms with Crippen LogP contribution in [0.1, 0.15) is 27.9 Å². The Bertz CT molecular complexity index is 1660. The van der Waals surface area contributed by atoms with E-state index in [-0.39, 0.29) is 50.7 Å². The molecular weight excluding hydrogens is 607 g/mol. The Balaban J connectivity index is 1.29. The van der Waals surface area contributed by atoms with Gasteiger partial charge in [-0.3, -0.25) is 4.79 Å². The lowest BCUT2D eigenvalue weighted by Crippen LogP contribution is -2.33. The number of thiazole rings is 1. The van der Waals surface area contributed by atoms with Crippen molar-refractivity contribution in [2.45, 2.75) is 25.6 Å². The number of hydrogen-bond donors (Lipinski definition) is 2. The third-order valence-electron chi connectivity index (χ3n) is 6.67. The topological polar surface area (TPSA) is 98.8 Å². The number of aromatic nitrogens is 1. The summed E-state index contributed by atoms with van der Waals surface area (Å²) in [7, 11) is 1.26. The van der Waals surface area contributed by atoms with E-state index in [1.54, 1.807) is 0 Å². The maximum atomic E-state index is 15.2. The highest BCUT2D eigenvalue weighted by atomic mass is 35.5. The Kier molecular flexibility index (Phi) is 9.49. The molecule has 43 heavy (non-hydrogen) atoms. The molecule has 4 aromatic rings. The maximum Gasteiger partial charge on any atom is 0.337 e. The lowest BCUT2D eigenvalue weighted by atomic mass is 10.1. The smallest absolute Gasteiger partial charge is 0.337 e. The summed E-state index contributed by atoms with van der Waals surface area (Å²) >= 11 is 6.80. The first-order chi connectivity index (χ1) is 20.7. The van der Waals surface area contributed by atoms with E-state index >= 15 is 8.78 Å². The van der Waals surface area contributed by atoms with Gasteiger partial charge in [-0.05, 0) is 48.9 Å². The molecule has 2 N–H and O–H groups in total. The summed E-state index contributed by atoms with van der Waals surface area (Å²) in [6.07, 6.45) is 0.418. The second kappa shape index (κ2) is 13.4. The number of nitrogens with one attached hydrogen (secondary N) is 2. The second-order valence-corrected chi connectivity index (χ2v) is 10.9. The fraction of sp³-hybridized carbons (Fsp3) is 0.233. The predicted octanol–water partition coefficient (Wildman–Crippen LogP) is 6.63. The Morgan fingerprint density at radius 2 is 1.84 bits per heavy atom. The molecule has 1 saturated heterocycles. The average molecular weight is 632 g/mol. The molecule has 8 nitrogen and oxygen atoms in total. The number of benzene rings is 3. The Hall–Kier alpha value is -4.13. The van der Waals surface area contributed by atoms with E-state index in [9.17, 15) is 14.0 Å². The van der Waals surface area contributed by atoms with Gasteiger partial charge in [0, 0.05) is 34.9 Å². The van der Waals surface area contributed by atoms with Crippen LogP contribution >= 0.6 is 22.9 Å². The fourth-order valence-electron chi connectivity index (χ4n) is 4.28. The lowest BCUT2D eigenvalue weighted by molar-refractivity contribution is -0.115. The van der Waals surface area contributed by atoms with Crippen LogP contribution in [0.25, 0.3) is 10.4 Å². The highest BCUT2D eigenvalue weighted by Crippen LogP contribution is 2.37. The van der Waals surface area contributed by atoms with Gasteiger partial charge in [-0.2, -0.15) is 0 Å². The monoisotopic (exact) mass is 631 g/mol. The van der Waals surface area contributed by atoms with E-state index in [2.05, 4.69) is 15.6 Å². The van der Waals surface area contributed by atoms with Crippen molar-refractivity contribution in [3.05, 3.63) is 93.2 Å². The molecule has 1 unspecified atom stereocenters. The molecule has 0 spiro atoms. The SMILES string of the molecule is COC(=O)c1ccc(NC(=O)Cc2cc(F)c(-c3scnc3OCc3ccc(Cl)cc3F)cc2F)c(NCC2CCO2)c1. The van der Waals surface area contributed by atoms with Crippen LogP contribution in [-0.4, -0.2) is 43.2 Å². The molecule has 0 radical (unpaired) electrons. The molecule has 1 aliphatic rings. The van der Waals surface area contributed by atoms with Crippen LogP contribution in [0.5, 0.6) is 5.88 Å². The molecular formula is C30H25ClF3N3O5S. The molecule has 1 aliphatic heterocycles. The summed E-state index contributed by atoms with van der Waals surface area (Å²) in [6.45, 7) is 0.916. The summed E-state index contributed by atoms with van der Waals surface area (Å²) in [5.74, 6) is -3.32. The van der Waals surface area contributed by atoms with Gasteiger partial charge in [0.2, 0.25) is 11.8 Å². The van der Waals surface area contributed by atoms with Gasteiger partial charge < -0.3 is 24.8 Å². The number of methoxy groups -OCH3 is 1. The predicted molar refractivity (Wildman–Crippen MR) is 156 cm³/mol. The Morgan fingerprint density at radius 3 is 2.56 bits per heavy atom. The third-order valence-corrected chi connectivity index (χ3v) is 7.75. The first-order valence-corrected chi connectivity index (χ1v) is 14.3. The standard InChI is InChI=1S/C30H25ClF3N3O5S/c1-40-30(39)16-3-5-25(26(9-16)35-13-20-6-7-41-20)37-27(38)10-18-8-24(34)21(12-23(18)33)28-29(36-15-43-28)42-14-17-2-4-19(31)11-22(17)32/h2-5,8-9,11-12,15,20,35H,6-7,10,13-14H2,1H3,(H,37,38). The largest absolute Gasteiger partial charge is 0.472 e. The zero-order valence-corrected chi connectivity index (χ0v) is 24.3. The van der Waals surface area contributed by atoms with Gasteiger partial charge in [-0.25, -0.2) is 22.9 Å². The van der Waals surface area contributed by atoms with Crippen molar-refractivity contribution in [3.8, 4) is 16.3 Å². The number of anilines is 2. The van der Waals surface area contributed by atoms with Gasteiger partial charge in [0.1, 0.15) is 28.9 Å². The van der Waals surface area contributed by atoms with Gasteiger partial charge >= 0.3 is 5.97 Å². The highest BCUT2D eigenvalue weighted by molar-refractivity contribution is 7.13. The molecule has 1 aromatic heterocycles. The van der Waals surface area contributed by atoms with Crippen molar-refractivity contribution in [1.82, 2.24) is 4.98 Å². The van der Waals surface area contributed by atoms with Crippen molar-refractivity contribution in [2.24, 2.45) is 0 Å². The summed E-state index contributed by atoms with van der Waals surface area (Å²) in [4.78, 5) is 29.2. The van der Waals surface area contributed by atoms with Crippen LogP contribution in [0, 0.1) is 17.5 Å². The van der Waals surface area contributed by atoms with Gasteiger partial charge in [0.25, 0.3) is 0 Å². The molecule has 13 heteroatoms. The quantitative estimate of drug-likeness (QED) is 0.179. The van der Waals surface area contributed by atoms with Gasteiger partial charge in [0.15, 0.2) is 0 Å². The van der Waals surface area contributed by atoms with Crippen LogP contribution in [-0.2, 0) is 27.3 Å². The minimum Gasteiger partial charge on any atom is -0.472 e. The fourth-order valence-corrected chi connectivity index (χ4v) is 5.19. The number of carbonyl (C=O) groups is 2. The molecule has 1 atom stereocenters. The van der Waals surface area contributed by atoms with Gasteiger partial charge in [-0.1, -0.05) is 17.7 Å². The molecule has 224 valence electrons. The minimum atomic E-state index is -0.809. The number of rotatable bonds is 11. The number of amides is 1. The second-order valence-electron chi connectivity index (χ2n) is 9.57. The molecule has 2 heterocycles. The van der Waals surface area contributed by atoms with E-state index in [0.717, 1.165) is 36.0 Å². The van der Waals surface area contributed by atoms with Crippen LogP contribution in [0.2, 0.25) is 5.02 Å². The van der Waals surface area contributed by atoms with Crippen LogP contribution < -0.4 is 15.4 Å². The van der Waals surface area contributed by atoms with Crippen molar-refractivity contribution in [3.63, 3.8) is 0 Å². The van der Waals surface area contributed by atoms with E-state index < -0.39 is 35.7 Å². The Morgan fingerprint density at radius 1 is 1.05 bits per heavy atom. The first-order valence-electron chi connectivity index (χ1n) is 13.1. The van der Waals surface area contributed by atoms with Crippen LogP contribution in [0.15, 0.2) is 54.0 Å². The lowest BCUT2D eigenvalue weighted by Gasteiger charge is -2.27. The first kappa shape index (κ1) is 30.3. The summed E-state index contributed by atoms with van der Waals surface area (Å²) in [5, 5.41) is 6.08. The normalized spacial score (nSPS) is 14.1. The van der Waals surface area contributed by atoms with E-state index in [1.807, 2.05) is 0 Å². The zero-order chi connectivity index (χ0) is 30.5. The molecule has 1 fully saturated rings. The number of halogens is 4. The number of hydrogen-bond acceptors (Lipinski definition) is 8. The summed E-state index contributed by atoms with van der Waals surface area (Å²) in [6, 6.07) is 10.6. The summed E-state index contributed by atoms with van der Waals surface area (Å²) in [5.41, 5.74) is 2.40. The molecule has 1 amide bonds. The van der Waals surface area contributed by atoms with Crippen molar-refractivity contribution >= 4 is 46.2 Å². The molecule has 5 rings (SSSR count). The molecule has 3 aromatic carbocycles. The Labute approximate surface area is 253 Å². The number of carbonyl (C=O) groups excluding carboxylic acids is 2. The number of esters is 1. The molecule has 0 saturated carbocycles. The highest BCUT2D eigenvalue weighted by Gasteiger charge is 2.22.